The molecular weight excluding hydrogens is 468 g/mol. The van der Waals surface area contributed by atoms with Crippen molar-refractivity contribution in [2.45, 2.75) is 37.6 Å². The van der Waals surface area contributed by atoms with Crippen LogP contribution in [-0.4, -0.2) is 40.3 Å². The van der Waals surface area contributed by atoms with Gasteiger partial charge in [-0.2, -0.15) is 0 Å². The van der Waals surface area contributed by atoms with Gasteiger partial charge in [0.05, 0.1) is 25.2 Å². The van der Waals surface area contributed by atoms with Crippen molar-refractivity contribution in [3.8, 4) is 16.9 Å². The zero-order valence-electron chi connectivity index (χ0n) is 21.9. The van der Waals surface area contributed by atoms with Crippen LogP contribution in [0.25, 0.3) is 22.0 Å². The van der Waals surface area contributed by atoms with Crippen molar-refractivity contribution in [2.24, 2.45) is 17.8 Å². The molecule has 0 spiro atoms. The molecular formula is C34H35N2O2+. The summed E-state index contributed by atoms with van der Waals surface area (Å²) in [5.74, 6) is 2.68. The van der Waals surface area contributed by atoms with Crippen LogP contribution >= 0.6 is 0 Å². The van der Waals surface area contributed by atoms with Crippen LogP contribution in [0.2, 0.25) is 0 Å². The van der Waals surface area contributed by atoms with E-state index in [4.69, 9.17) is 4.74 Å². The van der Waals surface area contributed by atoms with Crippen LogP contribution in [0.1, 0.15) is 30.1 Å². The average molecular weight is 504 g/mol. The number of fused-ring (bicyclic) bond motifs is 3. The van der Waals surface area contributed by atoms with E-state index in [1.807, 2.05) is 30.5 Å². The number of hydrogen-bond acceptors (Lipinski definition) is 3. The van der Waals surface area contributed by atoms with E-state index < -0.39 is 6.10 Å². The fourth-order valence-corrected chi connectivity index (χ4v) is 8.43. The van der Waals surface area contributed by atoms with Gasteiger partial charge >= 0.3 is 0 Å². The van der Waals surface area contributed by atoms with E-state index in [-0.39, 0.29) is 6.04 Å². The van der Waals surface area contributed by atoms with Crippen molar-refractivity contribution >= 4 is 10.9 Å². The Morgan fingerprint density at radius 2 is 1.87 bits per heavy atom. The molecule has 0 amide bonds. The van der Waals surface area contributed by atoms with E-state index in [0.717, 1.165) is 46.2 Å². The lowest BCUT2D eigenvalue weighted by Gasteiger charge is -2.60. The second kappa shape index (κ2) is 9.07. The molecule has 1 aromatic heterocycles. The predicted octanol–water partition coefficient (Wildman–Crippen LogP) is 6.55. The predicted molar refractivity (Wildman–Crippen MR) is 151 cm³/mol. The first-order chi connectivity index (χ1) is 18.6. The molecule has 5 unspecified atom stereocenters. The molecule has 4 aromatic rings. The number of ether oxygens (including phenoxy) is 1. The summed E-state index contributed by atoms with van der Waals surface area (Å²) in [5, 5.41) is 13.2. The molecule has 3 heterocycles. The summed E-state index contributed by atoms with van der Waals surface area (Å²) in [6.07, 6.45) is 5.74. The van der Waals surface area contributed by atoms with Gasteiger partial charge in [-0.15, -0.1) is 6.58 Å². The summed E-state index contributed by atoms with van der Waals surface area (Å²) in [5.41, 5.74) is 5.78. The summed E-state index contributed by atoms with van der Waals surface area (Å²) in [4.78, 5) is 4.59. The highest BCUT2D eigenvalue weighted by Crippen LogP contribution is 2.64. The maximum atomic E-state index is 12.2. The third kappa shape index (κ3) is 3.40. The largest absolute Gasteiger partial charge is 0.497 e. The first-order valence-corrected chi connectivity index (χ1v) is 13.9. The molecule has 3 fully saturated rings. The van der Waals surface area contributed by atoms with Crippen LogP contribution in [0.5, 0.6) is 5.75 Å². The molecule has 2 saturated heterocycles. The van der Waals surface area contributed by atoms with Gasteiger partial charge in [0, 0.05) is 41.8 Å². The lowest BCUT2D eigenvalue weighted by atomic mass is 9.57. The summed E-state index contributed by atoms with van der Waals surface area (Å²) >= 11 is 0. The van der Waals surface area contributed by atoms with Gasteiger partial charge in [-0.3, -0.25) is 4.98 Å². The Hall–Kier alpha value is -3.47. The number of quaternary nitrogens is 1. The van der Waals surface area contributed by atoms with Gasteiger partial charge in [-0.05, 0) is 46.9 Å². The van der Waals surface area contributed by atoms with Crippen molar-refractivity contribution in [3.63, 3.8) is 0 Å². The molecule has 0 radical (unpaired) electrons. The molecule has 38 heavy (non-hydrogen) atoms. The van der Waals surface area contributed by atoms with Crippen LogP contribution in [0.15, 0.2) is 97.7 Å². The lowest BCUT2D eigenvalue weighted by Crippen LogP contribution is -2.70. The normalized spacial score (nSPS) is 30.0. The summed E-state index contributed by atoms with van der Waals surface area (Å²) in [6, 6.07) is 28.2. The smallest absolute Gasteiger partial charge is 0.131 e. The van der Waals surface area contributed by atoms with Crippen LogP contribution < -0.4 is 4.74 Å². The highest BCUT2D eigenvalue weighted by Gasteiger charge is 2.71. The number of aliphatic hydroxyl groups is 1. The van der Waals surface area contributed by atoms with Crippen molar-refractivity contribution in [3.05, 3.63) is 109 Å². The van der Waals surface area contributed by atoms with Crippen LogP contribution in [0.3, 0.4) is 0 Å². The zero-order chi connectivity index (χ0) is 25.9. The first-order valence-electron chi connectivity index (χ1n) is 13.9. The number of benzene rings is 3. The number of pyridine rings is 1. The second-order valence-corrected chi connectivity index (χ2v) is 11.5. The van der Waals surface area contributed by atoms with Gasteiger partial charge in [0.15, 0.2) is 0 Å². The minimum atomic E-state index is -0.577. The molecule has 4 nitrogen and oxygen atoms in total. The molecule has 1 N–H and O–H groups in total. The number of rotatable bonds is 7. The van der Waals surface area contributed by atoms with Gasteiger partial charge in [-0.1, -0.05) is 60.7 Å². The molecule has 7 atom stereocenters. The number of piperidine rings is 2. The minimum Gasteiger partial charge on any atom is -0.497 e. The van der Waals surface area contributed by atoms with Gasteiger partial charge in [0.25, 0.3) is 0 Å². The molecule has 2 bridgehead atoms. The number of methoxy groups -OCH3 is 1. The lowest BCUT2D eigenvalue weighted by molar-refractivity contribution is -0.994. The number of aliphatic hydroxyl groups excluding tert-OH is 1. The van der Waals surface area contributed by atoms with E-state index >= 15 is 0 Å². The average Bonchev–Trinajstić information content (AvgIpc) is 3.15. The highest BCUT2D eigenvalue weighted by molar-refractivity contribution is 5.84. The third-order valence-corrected chi connectivity index (χ3v) is 10.0. The van der Waals surface area contributed by atoms with E-state index in [9.17, 15) is 5.11 Å². The van der Waals surface area contributed by atoms with Crippen molar-refractivity contribution in [1.29, 1.82) is 0 Å². The molecule has 3 aliphatic rings. The second-order valence-electron chi connectivity index (χ2n) is 11.5. The van der Waals surface area contributed by atoms with Crippen LogP contribution in [0.4, 0.5) is 0 Å². The Morgan fingerprint density at radius 1 is 1.05 bits per heavy atom. The number of nitrogens with zero attached hydrogens (tertiary/aromatic N) is 2. The highest BCUT2D eigenvalue weighted by atomic mass is 16.5. The van der Waals surface area contributed by atoms with Gasteiger partial charge in [0.2, 0.25) is 0 Å². The topological polar surface area (TPSA) is 42.4 Å². The van der Waals surface area contributed by atoms with Crippen LogP contribution in [0, 0.1) is 17.8 Å². The Bertz CT molecular complexity index is 1500. The van der Waals surface area contributed by atoms with E-state index in [1.54, 1.807) is 7.11 Å². The molecule has 3 aromatic carbocycles. The summed E-state index contributed by atoms with van der Waals surface area (Å²) in [6.45, 7) is 6.29. The Labute approximate surface area is 224 Å². The quantitative estimate of drug-likeness (QED) is 0.230. The molecule has 4 heteroatoms. The van der Waals surface area contributed by atoms with Gasteiger partial charge < -0.3 is 14.3 Å². The molecule has 7 rings (SSSR count). The Morgan fingerprint density at radius 3 is 2.68 bits per heavy atom. The molecule has 2 aliphatic heterocycles. The standard InChI is InChI=1S/C34H35N2O2/c1-3-25-27-16-18-36(21-23-11-7-8-12-26(23)22-9-5-4-6-10-22)32(20-30(27)33(25)36)34(37)28-15-17-35-31-14-13-24(38-2)19-29(28)31/h3-15,17,19,25,27,30,32-34,37H,1,16,18,20-21H2,2H3/q+1/t25?,27?,30?,32?,33-,34-,36?/m1/s1. The number of hydrogen-bond donors (Lipinski definition) is 1. The van der Waals surface area contributed by atoms with E-state index in [1.165, 1.54) is 23.1 Å². The third-order valence-electron chi connectivity index (χ3n) is 10.0. The summed E-state index contributed by atoms with van der Waals surface area (Å²) < 4.78 is 6.47. The maximum absolute atomic E-state index is 12.2. The van der Waals surface area contributed by atoms with Crippen molar-refractivity contribution in [1.82, 2.24) is 4.98 Å². The van der Waals surface area contributed by atoms with E-state index in [2.05, 4.69) is 72.2 Å². The van der Waals surface area contributed by atoms with Crippen LogP contribution in [-0.2, 0) is 6.54 Å². The molecule has 192 valence electrons. The van der Waals surface area contributed by atoms with E-state index in [0.29, 0.717) is 23.8 Å². The van der Waals surface area contributed by atoms with Gasteiger partial charge in [-0.25, -0.2) is 0 Å². The Kier molecular flexibility index (Phi) is 5.64. The van der Waals surface area contributed by atoms with Crippen molar-refractivity contribution < 1.29 is 14.3 Å². The fraction of sp³-hybridized carbons (Fsp3) is 0.324. The van der Waals surface area contributed by atoms with Crippen molar-refractivity contribution in [2.75, 3.05) is 13.7 Å². The van der Waals surface area contributed by atoms with Gasteiger partial charge in [0.1, 0.15) is 24.4 Å². The first kappa shape index (κ1) is 23.6. The Balaban J connectivity index is 1.34. The fourth-order valence-electron chi connectivity index (χ4n) is 8.43. The minimum absolute atomic E-state index is 0.126. The SMILES string of the molecule is C=CC1C2CC[N+]3(Cc4ccccc4-c4ccccc4)C([C@H](O)c4ccnc5ccc(OC)cc45)CC2[C@@H]13. The molecule has 1 aliphatic carbocycles. The molecule has 1 saturated carbocycles. The maximum Gasteiger partial charge on any atom is 0.131 e. The zero-order valence-corrected chi connectivity index (χ0v) is 21.9. The monoisotopic (exact) mass is 503 g/mol. The number of aromatic nitrogens is 1. The summed E-state index contributed by atoms with van der Waals surface area (Å²) in [7, 11) is 1.69.